The van der Waals surface area contributed by atoms with Gasteiger partial charge < -0.3 is 9.72 Å². The SMILES string of the molecule is O=c1[nH]c(=S)[nH]c2c1C(C1CCCCC1)OC(C1CCCCC1)C2. The number of ether oxygens (including phenoxy) is 1. The molecule has 4 nitrogen and oxygen atoms in total. The minimum absolute atomic E-state index is 0.0357. The molecule has 2 N–H and O–H groups in total. The Morgan fingerprint density at radius 3 is 2.17 bits per heavy atom. The summed E-state index contributed by atoms with van der Waals surface area (Å²) >= 11 is 5.22. The number of rotatable bonds is 2. The zero-order valence-corrected chi connectivity index (χ0v) is 15.1. The summed E-state index contributed by atoms with van der Waals surface area (Å²) in [7, 11) is 0. The van der Waals surface area contributed by atoms with Gasteiger partial charge in [0.1, 0.15) is 0 Å². The maximum Gasteiger partial charge on any atom is 0.257 e. The van der Waals surface area contributed by atoms with Gasteiger partial charge in [-0.3, -0.25) is 9.78 Å². The van der Waals surface area contributed by atoms with E-state index in [0.717, 1.165) is 17.7 Å². The van der Waals surface area contributed by atoms with Gasteiger partial charge in [0.2, 0.25) is 0 Å². The molecule has 3 aliphatic rings. The second kappa shape index (κ2) is 7.12. The first-order valence-corrected chi connectivity index (χ1v) is 10.1. The highest BCUT2D eigenvalue weighted by molar-refractivity contribution is 7.71. The number of nitrogens with one attached hydrogen (secondary N) is 2. The molecule has 2 unspecified atom stereocenters. The lowest BCUT2D eigenvalue weighted by Gasteiger charge is -2.41. The monoisotopic (exact) mass is 348 g/mol. The van der Waals surface area contributed by atoms with E-state index in [1.54, 1.807) is 0 Å². The quantitative estimate of drug-likeness (QED) is 0.769. The van der Waals surface area contributed by atoms with Gasteiger partial charge in [0.05, 0.1) is 17.8 Å². The topological polar surface area (TPSA) is 57.9 Å². The van der Waals surface area contributed by atoms with Crippen LogP contribution in [0.1, 0.15) is 81.6 Å². The lowest BCUT2D eigenvalue weighted by Crippen LogP contribution is -2.40. The lowest BCUT2D eigenvalue weighted by molar-refractivity contribution is -0.0951. The van der Waals surface area contributed by atoms with Crippen molar-refractivity contribution in [3.63, 3.8) is 0 Å². The van der Waals surface area contributed by atoms with Crippen LogP contribution in [0.3, 0.4) is 0 Å². The number of aromatic amines is 2. The van der Waals surface area contributed by atoms with Crippen LogP contribution in [0.5, 0.6) is 0 Å². The van der Waals surface area contributed by atoms with Crippen molar-refractivity contribution in [3.8, 4) is 0 Å². The van der Waals surface area contributed by atoms with Crippen molar-refractivity contribution in [2.75, 3.05) is 0 Å². The first kappa shape index (κ1) is 16.5. The second-order valence-corrected chi connectivity index (χ2v) is 8.30. The van der Waals surface area contributed by atoms with Gasteiger partial charge in [-0.2, -0.15) is 0 Å². The molecule has 132 valence electrons. The number of fused-ring (bicyclic) bond motifs is 1. The zero-order valence-electron chi connectivity index (χ0n) is 14.3. The van der Waals surface area contributed by atoms with E-state index >= 15 is 0 Å². The highest BCUT2D eigenvalue weighted by Gasteiger charge is 2.39. The Labute approximate surface area is 148 Å². The Kier molecular flexibility index (Phi) is 4.90. The largest absolute Gasteiger partial charge is 0.369 e. The van der Waals surface area contributed by atoms with E-state index in [0.29, 0.717) is 16.6 Å². The van der Waals surface area contributed by atoms with Gasteiger partial charge in [-0.1, -0.05) is 38.5 Å². The van der Waals surface area contributed by atoms with Crippen LogP contribution < -0.4 is 5.56 Å². The molecule has 2 atom stereocenters. The standard InChI is InChI=1S/C19H28N2O2S/c22-18-16-14(20-19(24)21-18)11-15(12-7-3-1-4-8-12)23-17(16)13-9-5-2-6-10-13/h12-13,15,17H,1-11H2,(H2,20,21,22,24). The normalized spacial score (nSPS) is 29.3. The van der Waals surface area contributed by atoms with Crippen LogP contribution in [0.15, 0.2) is 4.79 Å². The Morgan fingerprint density at radius 1 is 0.875 bits per heavy atom. The molecule has 2 saturated carbocycles. The van der Waals surface area contributed by atoms with Crippen molar-refractivity contribution < 1.29 is 4.74 Å². The number of aromatic nitrogens is 2. The molecule has 0 radical (unpaired) electrons. The third kappa shape index (κ3) is 3.25. The molecule has 1 aliphatic heterocycles. The van der Waals surface area contributed by atoms with Gasteiger partial charge in [0.25, 0.3) is 5.56 Å². The maximum atomic E-state index is 12.6. The van der Waals surface area contributed by atoms with Gasteiger partial charge in [-0.05, 0) is 49.7 Å². The molecular formula is C19H28N2O2S. The van der Waals surface area contributed by atoms with E-state index in [1.807, 2.05) is 0 Å². The predicted molar refractivity (Wildman–Crippen MR) is 96.7 cm³/mol. The number of hydrogen-bond donors (Lipinski definition) is 2. The van der Waals surface area contributed by atoms with Gasteiger partial charge >= 0.3 is 0 Å². The Balaban J connectivity index is 1.68. The molecule has 2 aliphatic carbocycles. The molecule has 0 saturated heterocycles. The highest BCUT2D eigenvalue weighted by Crippen LogP contribution is 2.43. The van der Waals surface area contributed by atoms with Gasteiger partial charge in [-0.25, -0.2) is 0 Å². The molecule has 24 heavy (non-hydrogen) atoms. The summed E-state index contributed by atoms with van der Waals surface area (Å²) in [5.74, 6) is 1.12. The van der Waals surface area contributed by atoms with E-state index in [1.165, 1.54) is 64.2 Å². The molecule has 2 heterocycles. The van der Waals surface area contributed by atoms with Crippen LogP contribution >= 0.6 is 12.2 Å². The summed E-state index contributed by atoms with van der Waals surface area (Å²) in [6, 6.07) is 0. The fourth-order valence-corrected chi connectivity index (χ4v) is 5.29. The van der Waals surface area contributed by atoms with Crippen LogP contribution in [0, 0.1) is 16.6 Å². The molecule has 0 amide bonds. The minimum atomic E-state index is -0.0448. The lowest BCUT2D eigenvalue weighted by atomic mass is 9.78. The van der Waals surface area contributed by atoms with E-state index in [4.69, 9.17) is 17.0 Å². The van der Waals surface area contributed by atoms with Crippen LogP contribution in [0.25, 0.3) is 0 Å². The fraction of sp³-hybridized carbons (Fsp3) is 0.789. The summed E-state index contributed by atoms with van der Waals surface area (Å²) in [6.45, 7) is 0. The van der Waals surface area contributed by atoms with E-state index < -0.39 is 0 Å². The van der Waals surface area contributed by atoms with E-state index in [9.17, 15) is 4.79 Å². The molecular weight excluding hydrogens is 320 g/mol. The minimum Gasteiger partial charge on any atom is -0.369 e. The molecule has 5 heteroatoms. The fourth-order valence-electron chi connectivity index (χ4n) is 5.08. The van der Waals surface area contributed by atoms with Gasteiger partial charge in [0, 0.05) is 12.1 Å². The van der Waals surface area contributed by atoms with Crippen LogP contribution in [0.4, 0.5) is 0 Å². The Hall–Kier alpha value is -0.940. The summed E-state index contributed by atoms with van der Waals surface area (Å²) in [6.07, 6.45) is 13.7. The molecule has 0 aromatic carbocycles. The van der Waals surface area contributed by atoms with Crippen molar-refractivity contribution in [1.29, 1.82) is 0 Å². The van der Waals surface area contributed by atoms with Crippen LogP contribution in [0.2, 0.25) is 0 Å². The molecule has 1 aromatic rings. The number of hydrogen-bond acceptors (Lipinski definition) is 3. The average molecular weight is 349 g/mol. The van der Waals surface area contributed by atoms with Crippen LogP contribution in [-0.2, 0) is 11.2 Å². The summed E-state index contributed by atoms with van der Waals surface area (Å²) < 4.78 is 7.09. The van der Waals surface area contributed by atoms with Crippen molar-refractivity contribution in [1.82, 2.24) is 9.97 Å². The van der Waals surface area contributed by atoms with Crippen LogP contribution in [-0.4, -0.2) is 16.1 Å². The van der Waals surface area contributed by atoms with E-state index in [-0.39, 0.29) is 17.8 Å². The van der Waals surface area contributed by atoms with Crippen molar-refractivity contribution in [3.05, 3.63) is 26.4 Å². The third-order valence-electron chi connectivity index (χ3n) is 6.33. The highest BCUT2D eigenvalue weighted by atomic mass is 32.1. The van der Waals surface area contributed by atoms with Crippen molar-refractivity contribution in [2.24, 2.45) is 11.8 Å². The summed E-state index contributed by atoms with van der Waals surface area (Å²) in [5, 5.41) is 0. The number of H-pyrrole nitrogens is 2. The Bertz CT molecular complexity index is 683. The predicted octanol–water partition coefficient (Wildman–Crippen LogP) is 4.58. The van der Waals surface area contributed by atoms with Gasteiger partial charge in [0.15, 0.2) is 4.77 Å². The molecule has 1 aromatic heterocycles. The van der Waals surface area contributed by atoms with Crippen molar-refractivity contribution >= 4 is 12.2 Å². The zero-order chi connectivity index (χ0) is 16.5. The molecule has 4 rings (SSSR count). The second-order valence-electron chi connectivity index (χ2n) is 7.90. The smallest absolute Gasteiger partial charge is 0.257 e. The van der Waals surface area contributed by atoms with Gasteiger partial charge in [-0.15, -0.1) is 0 Å². The maximum absolute atomic E-state index is 12.6. The molecule has 0 bridgehead atoms. The average Bonchev–Trinajstić information content (AvgIpc) is 2.62. The Morgan fingerprint density at radius 2 is 1.50 bits per heavy atom. The van der Waals surface area contributed by atoms with Crippen molar-refractivity contribution in [2.45, 2.75) is 82.8 Å². The molecule has 2 fully saturated rings. The third-order valence-corrected chi connectivity index (χ3v) is 6.53. The first-order valence-electron chi connectivity index (χ1n) is 9.73. The van der Waals surface area contributed by atoms with E-state index in [2.05, 4.69) is 9.97 Å². The molecule has 0 spiro atoms. The first-order chi connectivity index (χ1) is 11.7. The summed E-state index contributed by atoms with van der Waals surface area (Å²) in [5.41, 5.74) is 1.84. The summed E-state index contributed by atoms with van der Waals surface area (Å²) in [4.78, 5) is 18.7.